The van der Waals surface area contributed by atoms with E-state index in [1.807, 2.05) is 12.1 Å². The standard InChI is InChI=1S/C17H11NO3/c19-9-18-15-11-6-2-3-7-12(11)16(20)14(15)10-5-1-4-8-13(10)17(18)21/h1-8,19H,9H2. The van der Waals surface area contributed by atoms with Gasteiger partial charge in [-0.25, -0.2) is 0 Å². The number of hydrogen-bond donors (Lipinski definition) is 1. The largest absolute Gasteiger partial charge is 0.376 e. The Morgan fingerprint density at radius 1 is 0.857 bits per heavy atom. The fourth-order valence-electron chi connectivity index (χ4n) is 3.06. The van der Waals surface area contributed by atoms with Crippen molar-refractivity contribution in [1.82, 2.24) is 4.57 Å². The van der Waals surface area contributed by atoms with Crippen molar-refractivity contribution >= 4 is 16.6 Å². The van der Waals surface area contributed by atoms with Crippen LogP contribution in [-0.2, 0) is 6.73 Å². The van der Waals surface area contributed by atoms with Crippen molar-refractivity contribution in [3.63, 3.8) is 0 Å². The zero-order valence-corrected chi connectivity index (χ0v) is 11.0. The van der Waals surface area contributed by atoms with Gasteiger partial charge in [0, 0.05) is 21.9 Å². The molecule has 1 aliphatic carbocycles. The number of aliphatic hydroxyl groups excluding tert-OH is 1. The monoisotopic (exact) mass is 277 g/mol. The molecule has 0 bridgehead atoms. The molecule has 0 unspecified atom stereocenters. The molecule has 0 spiro atoms. The summed E-state index contributed by atoms with van der Waals surface area (Å²) in [5.41, 5.74) is 2.01. The molecule has 1 aromatic heterocycles. The van der Waals surface area contributed by atoms with Crippen molar-refractivity contribution in [3.05, 3.63) is 70.0 Å². The summed E-state index contributed by atoms with van der Waals surface area (Å²) in [5, 5.41) is 10.7. The summed E-state index contributed by atoms with van der Waals surface area (Å²) in [6, 6.07) is 14.2. The van der Waals surface area contributed by atoms with Crippen LogP contribution in [0.25, 0.3) is 22.0 Å². The van der Waals surface area contributed by atoms with Gasteiger partial charge in [0.25, 0.3) is 5.56 Å². The average molecular weight is 277 g/mol. The Morgan fingerprint density at radius 2 is 1.48 bits per heavy atom. The minimum absolute atomic E-state index is 0.0981. The van der Waals surface area contributed by atoms with Crippen molar-refractivity contribution in [3.8, 4) is 11.3 Å². The Hall–Kier alpha value is -2.72. The van der Waals surface area contributed by atoms with Crippen LogP contribution in [-0.4, -0.2) is 15.5 Å². The first kappa shape index (κ1) is 12.1. The molecule has 2 aromatic carbocycles. The maximum atomic E-state index is 12.7. The molecule has 0 radical (unpaired) electrons. The van der Waals surface area contributed by atoms with E-state index in [-0.39, 0.29) is 11.3 Å². The molecule has 4 heteroatoms. The number of ketones is 1. The average Bonchev–Trinajstić information content (AvgIpc) is 2.82. The van der Waals surface area contributed by atoms with Crippen molar-refractivity contribution in [2.24, 2.45) is 0 Å². The van der Waals surface area contributed by atoms with E-state index >= 15 is 0 Å². The number of fused-ring (bicyclic) bond motifs is 5. The van der Waals surface area contributed by atoms with Gasteiger partial charge in [-0.15, -0.1) is 0 Å². The van der Waals surface area contributed by atoms with Gasteiger partial charge in [0.15, 0.2) is 5.78 Å². The van der Waals surface area contributed by atoms with Crippen molar-refractivity contribution in [2.75, 3.05) is 0 Å². The minimum Gasteiger partial charge on any atom is -0.376 e. The maximum absolute atomic E-state index is 12.7. The molecular weight excluding hydrogens is 266 g/mol. The zero-order chi connectivity index (χ0) is 14.6. The highest BCUT2D eigenvalue weighted by atomic mass is 16.3. The fourth-order valence-corrected chi connectivity index (χ4v) is 3.06. The van der Waals surface area contributed by atoms with Gasteiger partial charge in [-0.3, -0.25) is 14.2 Å². The summed E-state index contributed by atoms with van der Waals surface area (Å²) >= 11 is 0. The number of nitrogens with zero attached hydrogens (tertiary/aromatic N) is 1. The number of carbonyl (C=O) groups excluding carboxylic acids is 1. The van der Waals surface area contributed by atoms with Crippen LogP contribution >= 0.6 is 0 Å². The number of aliphatic hydroxyl groups is 1. The van der Waals surface area contributed by atoms with Crippen LogP contribution in [0.5, 0.6) is 0 Å². The molecule has 0 saturated carbocycles. The molecule has 1 N–H and O–H groups in total. The predicted molar refractivity (Wildman–Crippen MR) is 79.3 cm³/mol. The minimum atomic E-state index is -0.451. The van der Waals surface area contributed by atoms with Gasteiger partial charge in [0.1, 0.15) is 6.73 Å². The Balaban J connectivity index is 2.29. The maximum Gasteiger partial charge on any atom is 0.260 e. The molecule has 102 valence electrons. The second-order valence-electron chi connectivity index (χ2n) is 5.02. The van der Waals surface area contributed by atoms with Crippen molar-refractivity contribution in [1.29, 1.82) is 0 Å². The van der Waals surface area contributed by atoms with Gasteiger partial charge in [-0.2, -0.15) is 0 Å². The Bertz CT molecular complexity index is 969. The molecule has 1 heterocycles. The molecule has 0 fully saturated rings. The molecule has 3 aromatic rings. The van der Waals surface area contributed by atoms with Gasteiger partial charge in [0.05, 0.1) is 11.3 Å². The smallest absolute Gasteiger partial charge is 0.260 e. The van der Waals surface area contributed by atoms with Crippen LogP contribution in [0.2, 0.25) is 0 Å². The lowest BCUT2D eigenvalue weighted by Gasteiger charge is -2.12. The first-order chi connectivity index (χ1) is 10.2. The second kappa shape index (κ2) is 4.14. The van der Waals surface area contributed by atoms with Crippen LogP contribution in [0.4, 0.5) is 0 Å². The molecule has 0 amide bonds. The van der Waals surface area contributed by atoms with E-state index in [9.17, 15) is 14.7 Å². The lowest BCUT2D eigenvalue weighted by Crippen LogP contribution is -2.23. The van der Waals surface area contributed by atoms with E-state index in [1.165, 1.54) is 4.57 Å². The zero-order valence-electron chi connectivity index (χ0n) is 11.0. The lowest BCUT2D eigenvalue weighted by molar-refractivity contribution is 0.104. The number of rotatable bonds is 1. The number of aromatic nitrogens is 1. The molecule has 1 aliphatic rings. The van der Waals surface area contributed by atoms with E-state index in [1.54, 1.807) is 36.4 Å². The lowest BCUT2D eigenvalue weighted by atomic mass is 10.0. The van der Waals surface area contributed by atoms with E-state index in [0.717, 1.165) is 0 Å². The van der Waals surface area contributed by atoms with E-state index in [2.05, 4.69) is 0 Å². The number of carbonyl (C=O) groups is 1. The summed E-state index contributed by atoms with van der Waals surface area (Å²) in [7, 11) is 0. The highest BCUT2D eigenvalue weighted by molar-refractivity contribution is 6.26. The van der Waals surface area contributed by atoms with Gasteiger partial charge in [-0.1, -0.05) is 42.5 Å². The molecule has 0 saturated heterocycles. The quantitative estimate of drug-likeness (QED) is 0.580. The summed E-state index contributed by atoms with van der Waals surface area (Å²) in [5.74, 6) is -0.0981. The Kier molecular flexibility index (Phi) is 2.37. The van der Waals surface area contributed by atoms with Gasteiger partial charge in [-0.05, 0) is 6.07 Å². The van der Waals surface area contributed by atoms with Crippen LogP contribution in [0.3, 0.4) is 0 Å². The van der Waals surface area contributed by atoms with E-state index in [0.29, 0.717) is 33.2 Å². The van der Waals surface area contributed by atoms with E-state index < -0.39 is 6.73 Å². The molecule has 21 heavy (non-hydrogen) atoms. The summed E-state index contributed by atoms with van der Waals surface area (Å²) in [4.78, 5) is 25.2. The van der Waals surface area contributed by atoms with Crippen LogP contribution in [0.15, 0.2) is 53.3 Å². The third-order valence-corrected chi connectivity index (χ3v) is 3.97. The molecule has 4 rings (SSSR count). The summed E-state index contributed by atoms with van der Waals surface area (Å²) < 4.78 is 1.27. The molecule has 4 nitrogen and oxygen atoms in total. The first-order valence-electron chi connectivity index (χ1n) is 6.64. The molecular formula is C17H11NO3. The van der Waals surface area contributed by atoms with E-state index in [4.69, 9.17) is 0 Å². The first-order valence-corrected chi connectivity index (χ1v) is 6.64. The number of benzene rings is 2. The Labute approximate surface area is 119 Å². The summed E-state index contributed by atoms with van der Waals surface area (Å²) in [6.07, 6.45) is 0. The third-order valence-electron chi connectivity index (χ3n) is 3.97. The SMILES string of the molecule is O=C1c2ccccc2-c2c1c1ccccc1c(=O)n2CO. The van der Waals surface area contributed by atoms with Gasteiger partial charge >= 0.3 is 0 Å². The third kappa shape index (κ3) is 1.42. The second-order valence-corrected chi connectivity index (χ2v) is 5.02. The highest BCUT2D eigenvalue weighted by Gasteiger charge is 2.31. The van der Waals surface area contributed by atoms with Gasteiger partial charge < -0.3 is 5.11 Å². The van der Waals surface area contributed by atoms with Crippen LogP contribution in [0.1, 0.15) is 15.9 Å². The molecule has 0 aliphatic heterocycles. The predicted octanol–water partition coefficient (Wildman–Crippen LogP) is 2.16. The Morgan fingerprint density at radius 3 is 2.19 bits per heavy atom. The van der Waals surface area contributed by atoms with Gasteiger partial charge in [0.2, 0.25) is 0 Å². The van der Waals surface area contributed by atoms with Crippen molar-refractivity contribution < 1.29 is 9.90 Å². The topological polar surface area (TPSA) is 59.3 Å². The van der Waals surface area contributed by atoms with Crippen LogP contribution in [0, 0.1) is 0 Å². The number of hydrogen-bond acceptors (Lipinski definition) is 3. The fraction of sp³-hybridized carbons (Fsp3) is 0.0588. The number of pyridine rings is 1. The highest BCUT2D eigenvalue weighted by Crippen LogP contribution is 2.38. The normalized spacial score (nSPS) is 12.5. The van der Waals surface area contributed by atoms with Crippen LogP contribution < -0.4 is 5.56 Å². The van der Waals surface area contributed by atoms with Crippen molar-refractivity contribution in [2.45, 2.75) is 6.73 Å². The molecule has 0 atom stereocenters. The summed E-state index contributed by atoms with van der Waals surface area (Å²) in [6.45, 7) is -0.451.